The average molecular weight is 388 g/mol. The van der Waals surface area contributed by atoms with Crippen LogP contribution in [0.3, 0.4) is 0 Å². The first-order valence-corrected chi connectivity index (χ1v) is 10.8. The van der Waals surface area contributed by atoms with Crippen LogP contribution in [0.5, 0.6) is 0 Å². The Labute approximate surface area is 170 Å². The van der Waals surface area contributed by atoms with E-state index >= 15 is 0 Å². The molecular formula is C21H37N7. The zero-order valence-electron chi connectivity index (χ0n) is 17.8. The van der Waals surface area contributed by atoms with Crippen molar-refractivity contribution in [2.24, 2.45) is 16.8 Å². The van der Waals surface area contributed by atoms with Crippen molar-refractivity contribution in [2.45, 2.75) is 32.6 Å². The maximum Gasteiger partial charge on any atom is 0.225 e. The van der Waals surface area contributed by atoms with E-state index in [9.17, 15) is 0 Å². The van der Waals surface area contributed by atoms with Crippen LogP contribution >= 0.6 is 0 Å². The third-order valence-corrected chi connectivity index (χ3v) is 6.16. The average Bonchev–Trinajstić information content (AvgIpc) is 2.74. The summed E-state index contributed by atoms with van der Waals surface area (Å²) < 4.78 is 0. The summed E-state index contributed by atoms with van der Waals surface area (Å²) >= 11 is 0. The SMILES string of the molecule is CN=C(NCCN1CCN(c2ncccn2)CC1)N(C)CC1CCC(C)CC1. The minimum atomic E-state index is 0.813. The molecule has 0 unspecified atom stereocenters. The number of guanidine groups is 1. The van der Waals surface area contributed by atoms with Crippen molar-refractivity contribution < 1.29 is 0 Å². The first kappa shape index (κ1) is 20.8. The van der Waals surface area contributed by atoms with Gasteiger partial charge in [0.15, 0.2) is 5.96 Å². The molecule has 7 heteroatoms. The van der Waals surface area contributed by atoms with Crippen molar-refractivity contribution in [3.8, 4) is 0 Å². The molecule has 2 heterocycles. The molecule has 2 aliphatic rings. The van der Waals surface area contributed by atoms with Crippen LogP contribution in [0.2, 0.25) is 0 Å². The highest BCUT2D eigenvalue weighted by molar-refractivity contribution is 5.79. The Morgan fingerprint density at radius 2 is 1.82 bits per heavy atom. The van der Waals surface area contributed by atoms with Gasteiger partial charge in [0.25, 0.3) is 0 Å². The van der Waals surface area contributed by atoms with Crippen molar-refractivity contribution in [3.63, 3.8) is 0 Å². The number of piperazine rings is 1. The van der Waals surface area contributed by atoms with Gasteiger partial charge >= 0.3 is 0 Å². The highest BCUT2D eigenvalue weighted by Crippen LogP contribution is 2.28. The van der Waals surface area contributed by atoms with Crippen molar-refractivity contribution in [1.82, 2.24) is 25.1 Å². The lowest BCUT2D eigenvalue weighted by atomic mass is 9.83. The summed E-state index contributed by atoms with van der Waals surface area (Å²) in [6.45, 7) is 9.54. The van der Waals surface area contributed by atoms with Gasteiger partial charge in [-0.05, 0) is 30.7 Å². The fourth-order valence-corrected chi connectivity index (χ4v) is 4.32. The molecule has 0 atom stereocenters. The van der Waals surface area contributed by atoms with Gasteiger partial charge in [-0.3, -0.25) is 9.89 Å². The Bertz CT molecular complexity index is 590. The van der Waals surface area contributed by atoms with Gasteiger partial charge in [-0.25, -0.2) is 9.97 Å². The number of aromatic nitrogens is 2. The van der Waals surface area contributed by atoms with Crippen LogP contribution in [0.15, 0.2) is 23.5 Å². The molecular weight excluding hydrogens is 350 g/mol. The quantitative estimate of drug-likeness (QED) is 0.595. The van der Waals surface area contributed by atoms with Gasteiger partial charge in [0, 0.05) is 72.3 Å². The van der Waals surface area contributed by atoms with E-state index in [0.717, 1.165) is 69.6 Å². The van der Waals surface area contributed by atoms with Gasteiger partial charge in [0.1, 0.15) is 0 Å². The molecule has 2 fully saturated rings. The molecule has 156 valence electrons. The van der Waals surface area contributed by atoms with E-state index in [-0.39, 0.29) is 0 Å². The Kier molecular flexibility index (Phi) is 7.89. The van der Waals surface area contributed by atoms with Crippen LogP contribution in [0.1, 0.15) is 32.6 Å². The molecule has 0 spiro atoms. The predicted octanol–water partition coefficient (Wildman–Crippen LogP) is 1.93. The van der Waals surface area contributed by atoms with Gasteiger partial charge in [0.05, 0.1) is 0 Å². The largest absolute Gasteiger partial charge is 0.355 e. The minimum Gasteiger partial charge on any atom is -0.355 e. The van der Waals surface area contributed by atoms with E-state index in [0.29, 0.717) is 0 Å². The van der Waals surface area contributed by atoms with Gasteiger partial charge in [-0.15, -0.1) is 0 Å². The lowest BCUT2D eigenvalue weighted by Crippen LogP contribution is -2.50. The third kappa shape index (κ3) is 6.06. The molecule has 0 aromatic carbocycles. The first-order chi connectivity index (χ1) is 13.7. The Hall–Kier alpha value is -1.89. The number of hydrogen-bond acceptors (Lipinski definition) is 5. The second-order valence-electron chi connectivity index (χ2n) is 8.36. The zero-order chi connectivity index (χ0) is 19.8. The maximum atomic E-state index is 4.49. The number of anilines is 1. The first-order valence-electron chi connectivity index (χ1n) is 10.8. The number of nitrogens with zero attached hydrogens (tertiary/aromatic N) is 6. The molecule has 3 rings (SSSR count). The summed E-state index contributed by atoms with van der Waals surface area (Å²) in [4.78, 5) is 20.3. The van der Waals surface area contributed by atoms with Gasteiger partial charge in [0.2, 0.25) is 5.95 Å². The lowest BCUT2D eigenvalue weighted by Gasteiger charge is -2.35. The van der Waals surface area contributed by atoms with E-state index in [1.165, 1.54) is 25.7 Å². The smallest absolute Gasteiger partial charge is 0.225 e. The van der Waals surface area contributed by atoms with Crippen molar-refractivity contribution in [2.75, 3.05) is 64.8 Å². The lowest BCUT2D eigenvalue weighted by molar-refractivity contribution is 0.246. The van der Waals surface area contributed by atoms with Crippen LogP contribution in [0.4, 0.5) is 5.95 Å². The second kappa shape index (κ2) is 10.6. The predicted molar refractivity (Wildman–Crippen MR) is 116 cm³/mol. The molecule has 7 nitrogen and oxygen atoms in total. The molecule has 1 aromatic heterocycles. The number of rotatable bonds is 6. The molecule has 1 aliphatic carbocycles. The van der Waals surface area contributed by atoms with E-state index in [1.807, 2.05) is 25.5 Å². The van der Waals surface area contributed by atoms with Gasteiger partial charge < -0.3 is 15.1 Å². The van der Waals surface area contributed by atoms with Gasteiger partial charge in [-0.1, -0.05) is 19.8 Å². The van der Waals surface area contributed by atoms with Crippen LogP contribution in [0, 0.1) is 11.8 Å². The number of nitrogens with one attached hydrogen (secondary N) is 1. The summed E-state index contributed by atoms with van der Waals surface area (Å²) in [7, 11) is 4.06. The highest BCUT2D eigenvalue weighted by atomic mass is 15.3. The van der Waals surface area contributed by atoms with E-state index in [4.69, 9.17) is 0 Å². The molecule has 1 aliphatic heterocycles. The third-order valence-electron chi connectivity index (χ3n) is 6.16. The molecule has 0 bridgehead atoms. The van der Waals surface area contributed by atoms with Crippen molar-refractivity contribution in [1.29, 1.82) is 0 Å². The number of hydrogen-bond donors (Lipinski definition) is 1. The van der Waals surface area contributed by atoms with E-state index < -0.39 is 0 Å². The normalized spacial score (nSPS) is 24.2. The topological polar surface area (TPSA) is 59.9 Å². The van der Waals surface area contributed by atoms with Crippen LogP contribution < -0.4 is 10.2 Å². The molecule has 1 saturated carbocycles. The molecule has 0 amide bonds. The zero-order valence-corrected chi connectivity index (χ0v) is 17.8. The molecule has 1 N–H and O–H groups in total. The molecule has 1 saturated heterocycles. The Morgan fingerprint density at radius 3 is 2.46 bits per heavy atom. The highest BCUT2D eigenvalue weighted by Gasteiger charge is 2.21. The van der Waals surface area contributed by atoms with E-state index in [1.54, 1.807) is 0 Å². The fourth-order valence-electron chi connectivity index (χ4n) is 4.32. The van der Waals surface area contributed by atoms with Crippen molar-refractivity contribution >= 4 is 11.9 Å². The van der Waals surface area contributed by atoms with Crippen LogP contribution in [-0.4, -0.2) is 85.6 Å². The van der Waals surface area contributed by atoms with Gasteiger partial charge in [-0.2, -0.15) is 0 Å². The maximum absolute atomic E-state index is 4.49. The number of aliphatic imine (C=N–C) groups is 1. The Morgan fingerprint density at radius 1 is 1.14 bits per heavy atom. The summed E-state index contributed by atoms with van der Waals surface area (Å²) in [5.74, 6) is 3.59. The monoisotopic (exact) mass is 387 g/mol. The summed E-state index contributed by atoms with van der Waals surface area (Å²) in [5, 5.41) is 3.55. The molecule has 1 aromatic rings. The summed E-state index contributed by atoms with van der Waals surface area (Å²) in [6.07, 6.45) is 9.11. The van der Waals surface area contributed by atoms with Crippen LogP contribution in [-0.2, 0) is 0 Å². The molecule has 28 heavy (non-hydrogen) atoms. The fraction of sp³-hybridized carbons (Fsp3) is 0.762. The van der Waals surface area contributed by atoms with E-state index in [2.05, 4.69) is 48.9 Å². The standard InChI is InChI=1S/C21H37N7/c1-18-5-7-19(8-6-18)17-26(3)20(22-2)25-11-12-27-13-15-28(16-14-27)21-23-9-4-10-24-21/h4,9-10,18-19H,5-8,11-17H2,1-3H3,(H,22,25). The second-order valence-corrected chi connectivity index (χ2v) is 8.36. The summed E-state index contributed by atoms with van der Waals surface area (Å²) in [6, 6.07) is 1.87. The van der Waals surface area contributed by atoms with Crippen molar-refractivity contribution in [3.05, 3.63) is 18.5 Å². The van der Waals surface area contributed by atoms with Crippen LogP contribution in [0.25, 0.3) is 0 Å². The summed E-state index contributed by atoms with van der Waals surface area (Å²) in [5.41, 5.74) is 0. The molecule has 0 radical (unpaired) electrons. The minimum absolute atomic E-state index is 0.813. The Balaban J connectivity index is 1.34.